The van der Waals surface area contributed by atoms with Crippen molar-refractivity contribution in [1.82, 2.24) is 10.2 Å². The molecule has 0 aliphatic carbocycles. The second kappa shape index (κ2) is 8.36. The van der Waals surface area contributed by atoms with Crippen molar-refractivity contribution < 1.29 is 22.3 Å². The summed E-state index contributed by atoms with van der Waals surface area (Å²) in [6, 6.07) is 9.74. The molecule has 0 heterocycles. The average Bonchev–Trinajstić information content (AvgIpc) is 2.61. The zero-order valence-electron chi connectivity index (χ0n) is 15.3. The third kappa shape index (κ3) is 5.41. The number of carbonyl (C=O) groups is 1. The van der Waals surface area contributed by atoms with Crippen LogP contribution in [-0.2, 0) is 16.6 Å². The Bertz CT molecular complexity index is 917. The van der Waals surface area contributed by atoms with Crippen LogP contribution in [0.15, 0.2) is 47.4 Å². The van der Waals surface area contributed by atoms with Crippen LogP contribution in [0.2, 0.25) is 0 Å². The summed E-state index contributed by atoms with van der Waals surface area (Å²) in [6.07, 6.45) is 0. The van der Waals surface area contributed by atoms with E-state index in [1.54, 1.807) is 32.2 Å². The highest BCUT2D eigenvalue weighted by atomic mass is 32.2. The van der Waals surface area contributed by atoms with Gasteiger partial charge in [-0.3, -0.25) is 0 Å². The minimum atomic E-state index is -3.76. The summed E-state index contributed by atoms with van der Waals surface area (Å²) in [5.74, 6) is -0.352. The molecular weight excluding hydrogens is 373 g/mol. The van der Waals surface area contributed by atoms with Crippen LogP contribution in [0, 0.1) is 5.82 Å². The first-order valence-electron chi connectivity index (χ1n) is 8.08. The second-order valence-electron chi connectivity index (χ2n) is 6.11. The number of amides is 2. The number of methoxy groups -OCH3 is 1. The molecule has 2 amide bonds. The number of primary sulfonamides is 1. The molecular formula is C18H22FN3O4S. The number of nitrogens with one attached hydrogen (secondary N) is 1. The first-order valence-corrected chi connectivity index (χ1v) is 9.63. The third-order valence-corrected chi connectivity index (χ3v) is 4.96. The summed E-state index contributed by atoms with van der Waals surface area (Å²) in [4.78, 5) is 13.8. The molecule has 7 nitrogen and oxygen atoms in total. The van der Waals surface area contributed by atoms with Gasteiger partial charge < -0.3 is 15.0 Å². The molecule has 0 aliphatic rings. The Hall–Kier alpha value is -2.65. The van der Waals surface area contributed by atoms with Crippen molar-refractivity contribution in [3.05, 3.63) is 59.4 Å². The zero-order chi connectivity index (χ0) is 20.2. The van der Waals surface area contributed by atoms with E-state index in [2.05, 4.69) is 5.32 Å². The minimum Gasteiger partial charge on any atom is -0.494 e. The van der Waals surface area contributed by atoms with Crippen LogP contribution in [0.4, 0.5) is 9.18 Å². The summed E-state index contributed by atoms with van der Waals surface area (Å²) >= 11 is 0. The fraction of sp³-hybridized carbons (Fsp3) is 0.278. The number of carbonyl (C=O) groups excluding carboxylic acids is 1. The van der Waals surface area contributed by atoms with Crippen molar-refractivity contribution in [3.8, 4) is 5.75 Å². The van der Waals surface area contributed by atoms with Crippen LogP contribution < -0.4 is 15.2 Å². The van der Waals surface area contributed by atoms with E-state index in [0.29, 0.717) is 5.56 Å². The normalized spacial score (nSPS) is 12.3. The molecule has 2 rings (SSSR count). The highest BCUT2D eigenvalue weighted by Gasteiger charge is 2.15. The van der Waals surface area contributed by atoms with Gasteiger partial charge in [-0.15, -0.1) is 0 Å². The summed E-state index contributed by atoms with van der Waals surface area (Å²) in [5, 5.41) is 7.87. The molecule has 0 spiro atoms. The lowest BCUT2D eigenvalue weighted by molar-refractivity contribution is 0.203. The average molecular weight is 395 g/mol. The fourth-order valence-electron chi connectivity index (χ4n) is 2.48. The maximum Gasteiger partial charge on any atom is 0.317 e. The smallest absolute Gasteiger partial charge is 0.317 e. The number of nitrogens with zero attached hydrogens (tertiary/aromatic N) is 1. The standard InChI is InChI=1S/C18H22FN3O4S/c1-12(14-5-7-15(8-6-14)27(20,24)25)21-18(23)22(2)11-13-4-9-17(26-3)16(19)10-13/h4-10,12H,11H2,1-3H3,(H,21,23)(H2,20,24,25). The molecule has 1 unspecified atom stereocenters. The first-order chi connectivity index (χ1) is 12.6. The number of benzene rings is 2. The van der Waals surface area contributed by atoms with Gasteiger partial charge in [-0.25, -0.2) is 22.7 Å². The molecule has 27 heavy (non-hydrogen) atoms. The predicted octanol–water partition coefficient (Wildman–Crippen LogP) is 2.38. The molecule has 0 radical (unpaired) electrons. The van der Waals surface area contributed by atoms with Gasteiger partial charge in [-0.1, -0.05) is 18.2 Å². The molecule has 0 bridgehead atoms. The van der Waals surface area contributed by atoms with Crippen LogP contribution >= 0.6 is 0 Å². The summed E-state index contributed by atoms with van der Waals surface area (Å²) in [6.45, 7) is 1.98. The molecule has 1 atom stereocenters. The van der Waals surface area contributed by atoms with Crippen molar-refractivity contribution in [2.24, 2.45) is 5.14 Å². The van der Waals surface area contributed by atoms with E-state index in [1.807, 2.05) is 0 Å². The Labute approximate surface area is 158 Å². The van der Waals surface area contributed by atoms with E-state index >= 15 is 0 Å². The second-order valence-corrected chi connectivity index (χ2v) is 7.67. The van der Waals surface area contributed by atoms with Crippen LogP contribution in [0.25, 0.3) is 0 Å². The highest BCUT2D eigenvalue weighted by molar-refractivity contribution is 7.89. The largest absolute Gasteiger partial charge is 0.494 e. The van der Waals surface area contributed by atoms with Gasteiger partial charge in [0.25, 0.3) is 0 Å². The number of rotatable bonds is 6. The SMILES string of the molecule is COc1ccc(CN(C)C(=O)NC(C)c2ccc(S(N)(=O)=O)cc2)cc1F. The lowest BCUT2D eigenvalue weighted by atomic mass is 10.1. The molecule has 2 aromatic rings. The van der Waals surface area contributed by atoms with Gasteiger partial charge in [-0.2, -0.15) is 0 Å². The Balaban J connectivity index is 2.00. The van der Waals surface area contributed by atoms with Crippen LogP contribution in [0.1, 0.15) is 24.1 Å². The number of hydrogen-bond acceptors (Lipinski definition) is 4. The van der Waals surface area contributed by atoms with E-state index in [1.165, 1.54) is 36.3 Å². The van der Waals surface area contributed by atoms with Gasteiger partial charge in [0.1, 0.15) is 0 Å². The fourth-order valence-corrected chi connectivity index (χ4v) is 2.99. The third-order valence-electron chi connectivity index (χ3n) is 4.03. The Morgan fingerprint density at radius 2 is 1.89 bits per heavy atom. The molecule has 0 fully saturated rings. The lowest BCUT2D eigenvalue weighted by Gasteiger charge is -2.22. The van der Waals surface area contributed by atoms with Gasteiger partial charge in [0.05, 0.1) is 18.0 Å². The van der Waals surface area contributed by atoms with E-state index < -0.39 is 15.8 Å². The first kappa shape index (κ1) is 20.7. The molecule has 146 valence electrons. The number of sulfonamides is 1. The van der Waals surface area contributed by atoms with Crippen LogP contribution in [0.3, 0.4) is 0 Å². The summed E-state index contributed by atoms with van der Waals surface area (Å²) in [5.41, 5.74) is 1.34. The van der Waals surface area contributed by atoms with Crippen molar-refractivity contribution in [3.63, 3.8) is 0 Å². The van der Waals surface area contributed by atoms with Gasteiger partial charge >= 0.3 is 6.03 Å². The predicted molar refractivity (Wildman–Crippen MR) is 99.2 cm³/mol. The number of ether oxygens (including phenoxy) is 1. The number of urea groups is 1. The van der Waals surface area contributed by atoms with Gasteiger partial charge in [0.15, 0.2) is 11.6 Å². The van der Waals surface area contributed by atoms with Crippen LogP contribution in [0.5, 0.6) is 5.75 Å². The Morgan fingerprint density at radius 1 is 1.26 bits per heavy atom. The summed E-state index contributed by atoms with van der Waals surface area (Å²) in [7, 11) is -0.785. The molecule has 9 heteroatoms. The van der Waals surface area contributed by atoms with Crippen molar-refractivity contribution in [2.45, 2.75) is 24.4 Å². The number of nitrogens with two attached hydrogens (primary N) is 1. The Morgan fingerprint density at radius 3 is 2.41 bits per heavy atom. The zero-order valence-corrected chi connectivity index (χ0v) is 16.1. The molecule has 2 aromatic carbocycles. The number of halogens is 1. The Kier molecular flexibility index (Phi) is 6.40. The molecule has 0 saturated carbocycles. The van der Waals surface area contributed by atoms with Crippen LogP contribution in [-0.4, -0.2) is 33.5 Å². The van der Waals surface area contributed by atoms with E-state index in [0.717, 1.165) is 5.56 Å². The van der Waals surface area contributed by atoms with Crippen molar-refractivity contribution >= 4 is 16.1 Å². The quantitative estimate of drug-likeness (QED) is 0.784. The number of hydrogen-bond donors (Lipinski definition) is 2. The molecule has 3 N–H and O–H groups in total. The minimum absolute atomic E-state index is 0.00317. The van der Waals surface area contributed by atoms with Gasteiger partial charge in [0, 0.05) is 13.6 Å². The van der Waals surface area contributed by atoms with E-state index in [4.69, 9.17) is 9.88 Å². The molecule has 0 saturated heterocycles. The highest BCUT2D eigenvalue weighted by Crippen LogP contribution is 2.19. The van der Waals surface area contributed by atoms with E-state index in [-0.39, 0.29) is 29.3 Å². The monoisotopic (exact) mass is 395 g/mol. The maximum absolute atomic E-state index is 13.8. The topological polar surface area (TPSA) is 102 Å². The van der Waals surface area contributed by atoms with Crippen molar-refractivity contribution in [1.29, 1.82) is 0 Å². The molecule has 0 aliphatic heterocycles. The van der Waals surface area contributed by atoms with Gasteiger partial charge in [0.2, 0.25) is 10.0 Å². The van der Waals surface area contributed by atoms with Crippen molar-refractivity contribution in [2.75, 3.05) is 14.2 Å². The molecule has 0 aromatic heterocycles. The van der Waals surface area contributed by atoms with Gasteiger partial charge in [-0.05, 0) is 42.3 Å². The lowest BCUT2D eigenvalue weighted by Crippen LogP contribution is -2.38. The maximum atomic E-state index is 13.8. The van der Waals surface area contributed by atoms with E-state index in [9.17, 15) is 17.6 Å². The summed E-state index contributed by atoms with van der Waals surface area (Å²) < 4.78 is 41.2.